The second-order valence-electron chi connectivity index (χ2n) is 4.34. The maximum atomic E-state index is 13.1. The van der Waals surface area contributed by atoms with Crippen molar-refractivity contribution in [3.05, 3.63) is 34.6 Å². The molecular formula is C12H15Cl2FN2O. The third-order valence-electron chi connectivity index (χ3n) is 2.86. The van der Waals surface area contributed by atoms with Gasteiger partial charge in [-0.25, -0.2) is 4.39 Å². The Labute approximate surface area is 116 Å². The summed E-state index contributed by atoms with van der Waals surface area (Å²) < 4.78 is 13.1. The van der Waals surface area contributed by atoms with Crippen molar-refractivity contribution in [1.82, 2.24) is 4.90 Å². The highest BCUT2D eigenvalue weighted by atomic mass is 35.5. The minimum absolute atomic E-state index is 0. The molecule has 1 atom stereocenters. The molecule has 1 fully saturated rings. The molecule has 1 aromatic carbocycles. The molecule has 1 aromatic rings. The maximum absolute atomic E-state index is 13.1. The Kier molecular flexibility index (Phi) is 5.38. The van der Waals surface area contributed by atoms with Crippen molar-refractivity contribution < 1.29 is 9.18 Å². The molecule has 18 heavy (non-hydrogen) atoms. The zero-order valence-corrected chi connectivity index (χ0v) is 11.3. The molecule has 1 aliphatic rings. The van der Waals surface area contributed by atoms with Crippen LogP contribution in [0, 0.1) is 5.82 Å². The average molecular weight is 293 g/mol. The van der Waals surface area contributed by atoms with Gasteiger partial charge in [0.05, 0.1) is 6.42 Å². The van der Waals surface area contributed by atoms with Gasteiger partial charge in [0, 0.05) is 24.2 Å². The van der Waals surface area contributed by atoms with E-state index < -0.39 is 5.82 Å². The summed E-state index contributed by atoms with van der Waals surface area (Å²) in [6, 6.07) is 4.23. The summed E-state index contributed by atoms with van der Waals surface area (Å²) in [6.07, 6.45) is 1.000. The zero-order chi connectivity index (χ0) is 12.4. The molecule has 100 valence electrons. The van der Waals surface area contributed by atoms with Gasteiger partial charge in [-0.15, -0.1) is 12.4 Å². The van der Waals surface area contributed by atoms with Crippen LogP contribution in [-0.2, 0) is 11.2 Å². The fourth-order valence-corrected chi connectivity index (χ4v) is 2.26. The van der Waals surface area contributed by atoms with Crippen LogP contribution in [0.2, 0.25) is 5.02 Å². The molecule has 1 saturated heterocycles. The Bertz CT molecular complexity index is 422. The molecule has 1 amide bonds. The van der Waals surface area contributed by atoms with Crippen LogP contribution >= 0.6 is 24.0 Å². The van der Waals surface area contributed by atoms with Gasteiger partial charge in [0.25, 0.3) is 0 Å². The summed E-state index contributed by atoms with van der Waals surface area (Å²) in [6.45, 7) is 1.27. The van der Waals surface area contributed by atoms with Gasteiger partial charge in [0.2, 0.25) is 5.91 Å². The van der Waals surface area contributed by atoms with Gasteiger partial charge in [-0.2, -0.15) is 0 Å². The monoisotopic (exact) mass is 292 g/mol. The number of halogens is 3. The molecule has 0 bridgehead atoms. The standard InChI is InChI=1S/C12H14ClFN2O.ClH/c13-9-3-8(4-10(14)6-9)5-12(17)16-2-1-11(15)7-16;/h3-4,6,11H,1-2,5,7,15H2;1H/t11-;/m0./s1. The number of hydrogen-bond donors (Lipinski definition) is 1. The number of rotatable bonds is 2. The third kappa shape index (κ3) is 3.83. The molecule has 6 heteroatoms. The lowest BCUT2D eigenvalue weighted by molar-refractivity contribution is -0.129. The van der Waals surface area contributed by atoms with Gasteiger partial charge < -0.3 is 10.6 Å². The summed E-state index contributed by atoms with van der Waals surface area (Å²) >= 11 is 5.73. The molecule has 2 N–H and O–H groups in total. The third-order valence-corrected chi connectivity index (χ3v) is 3.07. The minimum Gasteiger partial charge on any atom is -0.341 e. The quantitative estimate of drug-likeness (QED) is 0.906. The number of nitrogens with two attached hydrogens (primary N) is 1. The molecule has 0 saturated carbocycles. The van der Waals surface area contributed by atoms with Crippen molar-refractivity contribution in [2.75, 3.05) is 13.1 Å². The number of benzene rings is 1. The smallest absolute Gasteiger partial charge is 0.227 e. The first-order valence-corrected chi connectivity index (χ1v) is 5.91. The summed E-state index contributed by atoms with van der Waals surface area (Å²) in [5, 5.41) is 0.311. The lowest BCUT2D eigenvalue weighted by atomic mass is 10.1. The van der Waals surface area contributed by atoms with Gasteiger partial charge in [-0.05, 0) is 30.2 Å². The average Bonchev–Trinajstić information content (AvgIpc) is 2.63. The van der Waals surface area contributed by atoms with Gasteiger partial charge in [-0.1, -0.05) is 11.6 Å². The lowest BCUT2D eigenvalue weighted by Crippen LogP contribution is -2.32. The van der Waals surface area contributed by atoms with Crippen molar-refractivity contribution in [2.24, 2.45) is 5.73 Å². The Morgan fingerprint density at radius 1 is 1.50 bits per heavy atom. The molecule has 0 spiro atoms. The zero-order valence-electron chi connectivity index (χ0n) is 9.73. The van der Waals surface area contributed by atoms with Gasteiger partial charge in [0.1, 0.15) is 5.82 Å². The van der Waals surface area contributed by atoms with Crippen LogP contribution in [0.3, 0.4) is 0 Å². The summed E-state index contributed by atoms with van der Waals surface area (Å²) in [7, 11) is 0. The van der Waals surface area contributed by atoms with Crippen LogP contribution in [0.15, 0.2) is 18.2 Å². The molecule has 0 unspecified atom stereocenters. The van der Waals surface area contributed by atoms with Crippen LogP contribution in [0.5, 0.6) is 0 Å². The normalized spacial score (nSPS) is 18.6. The fraction of sp³-hybridized carbons (Fsp3) is 0.417. The van der Waals surface area contributed by atoms with E-state index in [2.05, 4.69) is 0 Å². The van der Waals surface area contributed by atoms with Crippen LogP contribution in [0.1, 0.15) is 12.0 Å². The van der Waals surface area contributed by atoms with Crippen LogP contribution in [-0.4, -0.2) is 29.9 Å². The molecule has 1 heterocycles. The van der Waals surface area contributed by atoms with E-state index in [0.717, 1.165) is 6.42 Å². The van der Waals surface area contributed by atoms with Crippen molar-refractivity contribution in [3.63, 3.8) is 0 Å². The molecule has 0 aromatic heterocycles. The van der Waals surface area contributed by atoms with Gasteiger partial charge >= 0.3 is 0 Å². The first-order chi connectivity index (χ1) is 8.04. The van der Waals surface area contributed by atoms with Crippen molar-refractivity contribution in [3.8, 4) is 0 Å². The number of amides is 1. The summed E-state index contributed by atoms with van der Waals surface area (Å²) in [5.74, 6) is -0.446. The number of likely N-dealkylation sites (tertiary alicyclic amines) is 1. The highest BCUT2D eigenvalue weighted by Gasteiger charge is 2.23. The second kappa shape index (κ2) is 6.36. The van der Waals surface area contributed by atoms with Crippen LogP contribution < -0.4 is 5.73 Å². The molecule has 0 radical (unpaired) electrons. The van der Waals surface area contributed by atoms with Crippen LogP contribution in [0.4, 0.5) is 4.39 Å². The molecule has 0 aliphatic carbocycles. The Hall–Kier alpha value is -0.840. The van der Waals surface area contributed by atoms with E-state index in [1.54, 1.807) is 11.0 Å². The number of hydrogen-bond acceptors (Lipinski definition) is 2. The molecular weight excluding hydrogens is 278 g/mol. The van der Waals surface area contributed by atoms with Crippen LogP contribution in [0.25, 0.3) is 0 Å². The topological polar surface area (TPSA) is 46.3 Å². The second-order valence-corrected chi connectivity index (χ2v) is 4.78. The first-order valence-electron chi connectivity index (χ1n) is 5.53. The predicted octanol–water partition coefficient (Wildman–Crippen LogP) is 2.00. The lowest BCUT2D eigenvalue weighted by Gasteiger charge is -2.15. The minimum atomic E-state index is -0.418. The maximum Gasteiger partial charge on any atom is 0.227 e. The van der Waals surface area contributed by atoms with Crippen molar-refractivity contribution in [2.45, 2.75) is 18.9 Å². The van der Waals surface area contributed by atoms with E-state index >= 15 is 0 Å². The Morgan fingerprint density at radius 3 is 2.78 bits per heavy atom. The Morgan fingerprint density at radius 2 is 2.22 bits per heavy atom. The highest BCUT2D eigenvalue weighted by Crippen LogP contribution is 2.16. The predicted molar refractivity (Wildman–Crippen MR) is 71.5 cm³/mol. The van der Waals surface area contributed by atoms with Crippen molar-refractivity contribution >= 4 is 29.9 Å². The molecule has 3 nitrogen and oxygen atoms in total. The van der Waals surface area contributed by atoms with Crippen molar-refractivity contribution in [1.29, 1.82) is 0 Å². The fourth-order valence-electron chi connectivity index (χ4n) is 2.01. The van der Waals surface area contributed by atoms with E-state index in [-0.39, 0.29) is 30.8 Å². The van der Waals surface area contributed by atoms with E-state index in [4.69, 9.17) is 17.3 Å². The highest BCUT2D eigenvalue weighted by molar-refractivity contribution is 6.30. The number of nitrogens with zero attached hydrogens (tertiary/aromatic N) is 1. The van der Waals surface area contributed by atoms with Gasteiger partial charge in [-0.3, -0.25) is 4.79 Å². The van der Waals surface area contributed by atoms with E-state index in [1.165, 1.54) is 12.1 Å². The Balaban J connectivity index is 0.00000162. The van der Waals surface area contributed by atoms with E-state index in [1.807, 2.05) is 0 Å². The molecule has 2 rings (SSSR count). The summed E-state index contributed by atoms with van der Waals surface area (Å²) in [4.78, 5) is 13.6. The first kappa shape index (κ1) is 15.2. The van der Waals surface area contributed by atoms with E-state index in [9.17, 15) is 9.18 Å². The molecule has 1 aliphatic heterocycles. The SMILES string of the molecule is Cl.N[C@H]1CCN(C(=O)Cc2cc(F)cc(Cl)c2)C1. The summed E-state index contributed by atoms with van der Waals surface area (Å²) in [5.41, 5.74) is 6.33. The number of carbonyl (C=O) groups is 1. The van der Waals surface area contributed by atoms with Gasteiger partial charge in [0.15, 0.2) is 0 Å². The number of carbonyl (C=O) groups excluding carboxylic acids is 1. The largest absolute Gasteiger partial charge is 0.341 e. The van der Waals surface area contributed by atoms with E-state index in [0.29, 0.717) is 23.7 Å².